The molecule has 2 aromatic carbocycles. The Balaban J connectivity index is 1.80. The molecule has 0 unspecified atom stereocenters. The first-order valence-electron chi connectivity index (χ1n) is 8.98. The van der Waals surface area contributed by atoms with E-state index in [1.807, 2.05) is 44.2 Å². The summed E-state index contributed by atoms with van der Waals surface area (Å²) in [5.41, 5.74) is 3.45. The van der Waals surface area contributed by atoms with Gasteiger partial charge in [0.2, 0.25) is 5.91 Å². The Hall–Kier alpha value is -2.64. The number of amides is 1. The summed E-state index contributed by atoms with van der Waals surface area (Å²) in [5.74, 6) is 0.0168. The monoisotopic (exact) mass is 397 g/mol. The van der Waals surface area contributed by atoms with Crippen LogP contribution in [0.4, 0.5) is 5.69 Å². The van der Waals surface area contributed by atoms with Crippen LogP contribution in [0.3, 0.4) is 0 Å². The zero-order valence-corrected chi connectivity index (χ0v) is 17.0. The molecule has 0 aliphatic rings. The van der Waals surface area contributed by atoms with E-state index in [-0.39, 0.29) is 17.2 Å². The second kappa shape index (κ2) is 9.03. The number of anilines is 1. The molecule has 0 saturated heterocycles. The number of aromatic nitrogens is 2. The van der Waals surface area contributed by atoms with Crippen LogP contribution in [0, 0.1) is 13.8 Å². The van der Waals surface area contributed by atoms with Crippen LogP contribution in [-0.4, -0.2) is 34.9 Å². The van der Waals surface area contributed by atoms with Crippen molar-refractivity contribution in [3.8, 4) is 0 Å². The van der Waals surface area contributed by atoms with Crippen LogP contribution in [0.1, 0.15) is 11.1 Å². The van der Waals surface area contributed by atoms with E-state index in [0.29, 0.717) is 29.2 Å². The molecule has 28 heavy (non-hydrogen) atoms. The zero-order chi connectivity index (χ0) is 20.1. The highest BCUT2D eigenvalue weighted by molar-refractivity contribution is 7.99. The van der Waals surface area contributed by atoms with Gasteiger partial charge in [-0.2, -0.15) is 0 Å². The van der Waals surface area contributed by atoms with Crippen LogP contribution in [0.15, 0.2) is 52.4 Å². The lowest BCUT2D eigenvalue weighted by Crippen LogP contribution is -2.26. The Morgan fingerprint density at radius 2 is 2.00 bits per heavy atom. The number of ether oxygens (including phenoxy) is 1. The lowest BCUT2D eigenvalue weighted by atomic mass is 10.1. The maximum Gasteiger partial charge on any atom is 0.262 e. The summed E-state index contributed by atoms with van der Waals surface area (Å²) in [5, 5.41) is 3.99. The summed E-state index contributed by atoms with van der Waals surface area (Å²) in [4.78, 5) is 29.8. The highest BCUT2D eigenvalue weighted by atomic mass is 32.2. The molecule has 6 nitrogen and oxygen atoms in total. The molecule has 7 heteroatoms. The van der Waals surface area contributed by atoms with Crippen LogP contribution >= 0.6 is 11.8 Å². The van der Waals surface area contributed by atoms with Gasteiger partial charge < -0.3 is 10.1 Å². The molecule has 1 heterocycles. The number of benzene rings is 2. The molecule has 0 fully saturated rings. The van der Waals surface area contributed by atoms with Crippen LogP contribution in [-0.2, 0) is 16.1 Å². The van der Waals surface area contributed by atoms with Crippen LogP contribution < -0.4 is 10.9 Å². The second-order valence-electron chi connectivity index (χ2n) is 6.52. The highest BCUT2D eigenvalue weighted by Gasteiger charge is 2.13. The minimum atomic E-state index is -0.141. The Bertz CT molecular complexity index is 1060. The molecule has 1 N–H and O–H groups in total. The molecular formula is C21H23N3O3S. The number of nitrogens with one attached hydrogen (secondary N) is 1. The van der Waals surface area contributed by atoms with Crippen molar-refractivity contribution in [2.24, 2.45) is 0 Å². The van der Waals surface area contributed by atoms with Crippen molar-refractivity contribution in [2.45, 2.75) is 25.5 Å². The number of carbonyl (C=O) groups is 1. The minimum absolute atomic E-state index is 0.125. The smallest absolute Gasteiger partial charge is 0.262 e. The van der Waals surface area contributed by atoms with Crippen molar-refractivity contribution in [3.63, 3.8) is 0 Å². The number of carbonyl (C=O) groups excluding carboxylic acids is 1. The summed E-state index contributed by atoms with van der Waals surface area (Å²) < 4.78 is 6.69. The van der Waals surface area contributed by atoms with Gasteiger partial charge in [0.05, 0.1) is 29.8 Å². The molecule has 0 spiro atoms. The van der Waals surface area contributed by atoms with Gasteiger partial charge in [-0.05, 0) is 37.6 Å². The summed E-state index contributed by atoms with van der Waals surface area (Å²) in [7, 11) is 1.59. The molecule has 1 amide bonds. The fourth-order valence-corrected chi connectivity index (χ4v) is 3.73. The van der Waals surface area contributed by atoms with E-state index in [9.17, 15) is 9.59 Å². The zero-order valence-electron chi connectivity index (χ0n) is 16.2. The number of para-hydroxylation sites is 1. The molecule has 146 valence electrons. The lowest BCUT2D eigenvalue weighted by Gasteiger charge is -2.13. The Kier molecular flexibility index (Phi) is 6.49. The van der Waals surface area contributed by atoms with Gasteiger partial charge in [-0.3, -0.25) is 14.2 Å². The second-order valence-corrected chi connectivity index (χ2v) is 7.46. The van der Waals surface area contributed by atoms with E-state index in [2.05, 4.69) is 10.3 Å². The van der Waals surface area contributed by atoms with Crippen molar-refractivity contribution in [1.82, 2.24) is 9.55 Å². The van der Waals surface area contributed by atoms with Crippen molar-refractivity contribution < 1.29 is 9.53 Å². The van der Waals surface area contributed by atoms with E-state index >= 15 is 0 Å². The maximum absolute atomic E-state index is 12.8. The average Bonchev–Trinajstić information content (AvgIpc) is 2.68. The third-order valence-electron chi connectivity index (χ3n) is 4.33. The summed E-state index contributed by atoms with van der Waals surface area (Å²) in [6, 6.07) is 13.1. The van der Waals surface area contributed by atoms with Crippen molar-refractivity contribution in [2.75, 3.05) is 24.8 Å². The summed E-state index contributed by atoms with van der Waals surface area (Å²) >= 11 is 1.25. The molecule has 3 aromatic rings. The van der Waals surface area contributed by atoms with Gasteiger partial charge in [0.1, 0.15) is 0 Å². The van der Waals surface area contributed by atoms with Gasteiger partial charge >= 0.3 is 0 Å². The third kappa shape index (κ3) is 4.61. The quantitative estimate of drug-likeness (QED) is 0.489. The van der Waals surface area contributed by atoms with Gasteiger partial charge in [-0.25, -0.2) is 4.98 Å². The fraction of sp³-hybridized carbons (Fsp3) is 0.286. The van der Waals surface area contributed by atoms with Gasteiger partial charge in [-0.15, -0.1) is 0 Å². The van der Waals surface area contributed by atoms with E-state index in [4.69, 9.17) is 4.74 Å². The fourth-order valence-electron chi connectivity index (χ4n) is 2.91. The normalized spacial score (nSPS) is 11.0. The van der Waals surface area contributed by atoms with Crippen molar-refractivity contribution >= 4 is 34.3 Å². The first-order chi connectivity index (χ1) is 13.5. The molecule has 0 saturated carbocycles. The van der Waals surface area contributed by atoms with Crippen LogP contribution in [0.2, 0.25) is 0 Å². The SMILES string of the molecule is COCCn1c(SCC(=O)Nc2ccc(C)cc2C)nc2ccccc2c1=O. The van der Waals surface area contributed by atoms with Crippen molar-refractivity contribution in [3.05, 3.63) is 63.9 Å². The Labute approximate surface area is 167 Å². The molecule has 1 aromatic heterocycles. The molecule has 0 bridgehead atoms. The topological polar surface area (TPSA) is 73.2 Å². The summed E-state index contributed by atoms with van der Waals surface area (Å²) in [6.45, 7) is 4.75. The maximum atomic E-state index is 12.8. The largest absolute Gasteiger partial charge is 0.383 e. The van der Waals surface area contributed by atoms with Gasteiger partial charge in [0.15, 0.2) is 5.16 Å². The van der Waals surface area contributed by atoms with E-state index < -0.39 is 0 Å². The molecule has 0 radical (unpaired) electrons. The first kappa shape index (κ1) is 20.1. The Morgan fingerprint density at radius 3 is 2.75 bits per heavy atom. The number of hydrogen-bond donors (Lipinski definition) is 1. The average molecular weight is 398 g/mol. The van der Waals surface area contributed by atoms with Gasteiger partial charge in [0.25, 0.3) is 5.56 Å². The standard InChI is InChI=1S/C21H23N3O3S/c1-14-8-9-17(15(2)12-14)22-19(25)13-28-21-23-18-7-5-4-6-16(18)20(26)24(21)10-11-27-3/h4-9,12H,10-11,13H2,1-3H3,(H,22,25). The minimum Gasteiger partial charge on any atom is -0.383 e. The highest BCUT2D eigenvalue weighted by Crippen LogP contribution is 2.20. The number of methoxy groups -OCH3 is 1. The van der Waals surface area contributed by atoms with Crippen molar-refractivity contribution in [1.29, 1.82) is 0 Å². The number of fused-ring (bicyclic) bond motifs is 1. The third-order valence-corrected chi connectivity index (χ3v) is 5.31. The lowest BCUT2D eigenvalue weighted by molar-refractivity contribution is -0.113. The predicted octanol–water partition coefficient (Wildman–Crippen LogP) is 3.39. The number of aryl methyl sites for hydroxylation is 2. The molecule has 0 aliphatic carbocycles. The van der Waals surface area contributed by atoms with Gasteiger partial charge in [-0.1, -0.05) is 41.6 Å². The molecule has 0 aliphatic heterocycles. The predicted molar refractivity (Wildman–Crippen MR) is 113 cm³/mol. The van der Waals surface area contributed by atoms with Crippen LogP contribution in [0.5, 0.6) is 0 Å². The Morgan fingerprint density at radius 1 is 1.21 bits per heavy atom. The molecule has 0 atom stereocenters. The number of nitrogens with zero attached hydrogens (tertiary/aromatic N) is 2. The number of rotatable bonds is 7. The molecular weight excluding hydrogens is 374 g/mol. The first-order valence-corrected chi connectivity index (χ1v) is 9.96. The summed E-state index contributed by atoms with van der Waals surface area (Å²) in [6.07, 6.45) is 0. The van der Waals surface area contributed by atoms with E-state index in [1.54, 1.807) is 23.8 Å². The van der Waals surface area contributed by atoms with E-state index in [1.165, 1.54) is 11.8 Å². The number of thioether (sulfide) groups is 1. The van der Waals surface area contributed by atoms with E-state index in [0.717, 1.165) is 16.8 Å². The van der Waals surface area contributed by atoms with Gasteiger partial charge in [0, 0.05) is 12.8 Å². The number of hydrogen-bond acceptors (Lipinski definition) is 5. The van der Waals surface area contributed by atoms with Crippen LogP contribution in [0.25, 0.3) is 10.9 Å². The molecule has 3 rings (SSSR count).